The van der Waals surface area contributed by atoms with Crippen LogP contribution in [0.1, 0.15) is 30.6 Å². The lowest BCUT2D eigenvalue weighted by Crippen LogP contribution is -2.24. The van der Waals surface area contributed by atoms with Crippen LogP contribution in [0.5, 0.6) is 5.75 Å². The van der Waals surface area contributed by atoms with Crippen LogP contribution in [0.4, 0.5) is 0 Å². The Bertz CT molecular complexity index is 375. The van der Waals surface area contributed by atoms with Gasteiger partial charge in [0.25, 0.3) is 0 Å². The molecule has 0 radical (unpaired) electrons. The zero-order valence-electron chi connectivity index (χ0n) is 9.13. The molecule has 3 atom stereocenters. The summed E-state index contributed by atoms with van der Waals surface area (Å²) in [6.07, 6.45) is -1.48. The Morgan fingerprint density at radius 2 is 2.19 bits per heavy atom. The molecule has 2 unspecified atom stereocenters. The van der Waals surface area contributed by atoms with Crippen molar-refractivity contribution < 1.29 is 20.1 Å². The van der Waals surface area contributed by atoms with Crippen LogP contribution >= 0.6 is 0 Å². The van der Waals surface area contributed by atoms with Gasteiger partial charge in [0, 0.05) is 12.0 Å². The molecule has 0 spiro atoms. The Labute approximate surface area is 94.1 Å². The number of phenols is 1. The number of phenolic OH excluding ortho intramolecular Hbond substituents is 1. The monoisotopic (exact) mass is 224 g/mol. The minimum atomic E-state index is -0.807. The third kappa shape index (κ3) is 2.04. The van der Waals surface area contributed by atoms with E-state index >= 15 is 0 Å². The van der Waals surface area contributed by atoms with Crippen LogP contribution in [0.2, 0.25) is 0 Å². The maximum absolute atomic E-state index is 9.60. The van der Waals surface area contributed by atoms with Gasteiger partial charge in [0.2, 0.25) is 0 Å². The SMILES string of the molecule is CC(O)C(O)C[C@@H]1OCc2c(O)cccc21. The van der Waals surface area contributed by atoms with Gasteiger partial charge in [-0.25, -0.2) is 0 Å². The number of aromatic hydroxyl groups is 1. The Hall–Kier alpha value is -1.10. The quantitative estimate of drug-likeness (QED) is 0.719. The Morgan fingerprint density at radius 1 is 1.44 bits per heavy atom. The number of hydrogen-bond acceptors (Lipinski definition) is 4. The smallest absolute Gasteiger partial charge is 0.121 e. The molecule has 3 N–H and O–H groups in total. The molecule has 1 aromatic rings. The van der Waals surface area contributed by atoms with E-state index in [1.165, 1.54) is 0 Å². The van der Waals surface area contributed by atoms with Crippen molar-refractivity contribution in [2.45, 2.75) is 38.3 Å². The number of fused-ring (bicyclic) bond motifs is 1. The van der Waals surface area contributed by atoms with Crippen molar-refractivity contribution in [1.29, 1.82) is 0 Å². The van der Waals surface area contributed by atoms with Crippen molar-refractivity contribution in [2.24, 2.45) is 0 Å². The standard InChI is InChI=1S/C12H16O4/c1-7(13)11(15)5-12-8-3-2-4-10(14)9(8)6-16-12/h2-4,7,11-15H,5-6H2,1H3/t7?,11?,12-/m0/s1. The third-order valence-corrected chi connectivity index (χ3v) is 2.98. The van der Waals surface area contributed by atoms with E-state index < -0.39 is 12.2 Å². The molecule has 0 aliphatic carbocycles. The fraction of sp³-hybridized carbons (Fsp3) is 0.500. The highest BCUT2D eigenvalue weighted by atomic mass is 16.5. The largest absolute Gasteiger partial charge is 0.508 e. The molecule has 2 rings (SSSR count). The third-order valence-electron chi connectivity index (χ3n) is 2.98. The first-order valence-electron chi connectivity index (χ1n) is 5.38. The molecule has 0 saturated carbocycles. The number of aliphatic hydroxyl groups is 2. The van der Waals surface area contributed by atoms with E-state index in [-0.39, 0.29) is 11.9 Å². The van der Waals surface area contributed by atoms with E-state index in [9.17, 15) is 15.3 Å². The summed E-state index contributed by atoms with van der Waals surface area (Å²) in [7, 11) is 0. The first-order valence-corrected chi connectivity index (χ1v) is 5.38. The second-order valence-corrected chi connectivity index (χ2v) is 4.19. The summed E-state index contributed by atoms with van der Waals surface area (Å²) in [5, 5.41) is 28.4. The average molecular weight is 224 g/mol. The summed E-state index contributed by atoms with van der Waals surface area (Å²) >= 11 is 0. The molecule has 1 aromatic carbocycles. The van der Waals surface area contributed by atoms with E-state index in [0.29, 0.717) is 13.0 Å². The highest BCUT2D eigenvalue weighted by Crippen LogP contribution is 2.38. The van der Waals surface area contributed by atoms with Crippen LogP contribution < -0.4 is 0 Å². The Kier molecular flexibility index (Phi) is 3.14. The minimum absolute atomic E-state index is 0.228. The van der Waals surface area contributed by atoms with Crippen LogP contribution in [0, 0.1) is 0 Å². The minimum Gasteiger partial charge on any atom is -0.508 e. The normalized spacial score (nSPS) is 22.8. The van der Waals surface area contributed by atoms with Gasteiger partial charge in [0.05, 0.1) is 24.9 Å². The molecule has 0 saturated heterocycles. The number of ether oxygens (including phenoxy) is 1. The Morgan fingerprint density at radius 3 is 2.88 bits per heavy atom. The fourth-order valence-electron chi connectivity index (χ4n) is 1.94. The lowest BCUT2D eigenvalue weighted by Gasteiger charge is -2.18. The summed E-state index contributed by atoms with van der Waals surface area (Å²) in [6, 6.07) is 5.25. The van der Waals surface area contributed by atoms with Crippen LogP contribution in [0.15, 0.2) is 18.2 Å². The van der Waals surface area contributed by atoms with E-state index in [1.54, 1.807) is 19.1 Å². The van der Waals surface area contributed by atoms with E-state index in [4.69, 9.17) is 4.74 Å². The summed E-state index contributed by atoms with van der Waals surface area (Å²) in [6.45, 7) is 1.90. The topological polar surface area (TPSA) is 69.9 Å². The van der Waals surface area contributed by atoms with Crippen molar-refractivity contribution in [3.05, 3.63) is 29.3 Å². The predicted molar refractivity (Wildman–Crippen MR) is 57.9 cm³/mol. The van der Waals surface area contributed by atoms with Crippen LogP contribution in [0.3, 0.4) is 0 Å². The molecule has 1 aliphatic rings. The molecule has 1 aliphatic heterocycles. The maximum atomic E-state index is 9.60. The molecule has 0 fully saturated rings. The highest BCUT2D eigenvalue weighted by Gasteiger charge is 2.28. The molecule has 4 nitrogen and oxygen atoms in total. The summed E-state index contributed by atoms with van der Waals surface area (Å²) in [5.41, 5.74) is 1.69. The van der Waals surface area contributed by atoms with Gasteiger partial charge in [-0.05, 0) is 18.6 Å². The van der Waals surface area contributed by atoms with Gasteiger partial charge in [-0.2, -0.15) is 0 Å². The molecular weight excluding hydrogens is 208 g/mol. The van der Waals surface area contributed by atoms with Crippen LogP contribution in [-0.4, -0.2) is 27.5 Å². The number of rotatable bonds is 3. The molecule has 16 heavy (non-hydrogen) atoms. The summed E-state index contributed by atoms with van der Waals surface area (Å²) < 4.78 is 5.49. The van der Waals surface area contributed by atoms with Gasteiger partial charge >= 0.3 is 0 Å². The first kappa shape index (κ1) is 11.4. The van der Waals surface area contributed by atoms with Crippen molar-refractivity contribution in [3.8, 4) is 5.75 Å². The van der Waals surface area contributed by atoms with Crippen molar-refractivity contribution in [2.75, 3.05) is 0 Å². The zero-order chi connectivity index (χ0) is 11.7. The average Bonchev–Trinajstić information content (AvgIpc) is 2.63. The lowest BCUT2D eigenvalue weighted by atomic mass is 9.99. The van der Waals surface area contributed by atoms with Gasteiger partial charge in [-0.15, -0.1) is 0 Å². The van der Waals surface area contributed by atoms with Crippen molar-refractivity contribution in [3.63, 3.8) is 0 Å². The molecule has 0 bridgehead atoms. The van der Waals surface area contributed by atoms with Gasteiger partial charge in [-0.3, -0.25) is 0 Å². The van der Waals surface area contributed by atoms with Crippen LogP contribution in [0.25, 0.3) is 0 Å². The van der Waals surface area contributed by atoms with Crippen LogP contribution in [-0.2, 0) is 11.3 Å². The number of aliphatic hydroxyl groups excluding tert-OH is 2. The molecule has 0 aromatic heterocycles. The van der Waals surface area contributed by atoms with Gasteiger partial charge in [-0.1, -0.05) is 12.1 Å². The molecular formula is C12H16O4. The molecule has 1 heterocycles. The van der Waals surface area contributed by atoms with Gasteiger partial charge in [0.1, 0.15) is 5.75 Å². The maximum Gasteiger partial charge on any atom is 0.121 e. The molecule has 0 amide bonds. The second kappa shape index (κ2) is 4.41. The van der Waals surface area contributed by atoms with E-state index in [2.05, 4.69) is 0 Å². The van der Waals surface area contributed by atoms with Crippen molar-refractivity contribution in [1.82, 2.24) is 0 Å². The van der Waals surface area contributed by atoms with Crippen molar-refractivity contribution >= 4 is 0 Å². The second-order valence-electron chi connectivity index (χ2n) is 4.19. The van der Waals surface area contributed by atoms with Gasteiger partial charge < -0.3 is 20.1 Å². The highest BCUT2D eigenvalue weighted by molar-refractivity contribution is 5.42. The first-order chi connectivity index (χ1) is 7.59. The lowest BCUT2D eigenvalue weighted by molar-refractivity contribution is -0.0241. The molecule has 4 heteroatoms. The van der Waals surface area contributed by atoms with E-state index in [0.717, 1.165) is 11.1 Å². The Balaban J connectivity index is 2.15. The zero-order valence-corrected chi connectivity index (χ0v) is 9.13. The number of benzene rings is 1. The fourth-order valence-corrected chi connectivity index (χ4v) is 1.94. The predicted octanol–water partition coefficient (Wildman–Crippen LogP) is 1.10. The van der Waals surface area contributed by atoms with Gasteiger partial charge in [0.15, 0.2) is 0 Å². The number of hydrogen-bond donors (Lipinski definition) is 3. The summed E-state index contributed by atoms with van der Waals surface area (Å²) in [5.74, 6) is 0.228. The van der Waals surface area contributed by atoms with E-state index in [1.807, 2.05) is 6.07 Å². The summed E-state index contributed by atoms with van der Waals surface area (Å²) in [4.78, 5) is 0. The molecule has 88 valence electrons.